The lowest BCUT2D eigenvalue weighted by Gasteiger charge is -2.31. The Bertz CT molecular complexity index is 255. The Morgan fingerprint density at radius 2 is 1.74 bits per heavy atom. The van der Waals surface area contributed by atoms with Crippen molar-refractivity contribution in [3.05, 3.63) is 0 Å². The molecule has 2 fully saturated rings. The fourth-order valence-electron chi connectivity index (χ4n) is 3.54. The lowest BCUT2D eigenvalue weighted by molar-refractivity contribution is 0.178. The van der Waals surface area contributed by atoms with Crippen molar-refractivity contribution >= 4 is 8.56 Å². The molecule has 3 nitrogen and oxygen atoms in total. The third kappa shape index (κ3) is 4.28. The quantitative estimate of drug-likeness (QED) is 0.476. The number of rotatable bonds is 9. The molecule has 1 saturated carbocycles. The average molecular weight is 286 g/mol. The molecule has 112 valence electrons. The van der Waals surface area contributed by atoms with E-state index in [0.717, 1.165) is 25.2 Å². The van der Waals surface area contributed by atoms with E-state index in [1.54, 1.807) is 0 Å². The van der Waals surface area contributed by atoms with Crippen LogP contribution in [-0.4, -0.2) is 34.0 Å². The molecule has 0 spiro atoms. The molecule has 2 rings (SSSR count). The first-order chi connectivity index (χ1) is 9.23. The minimum atomic E-state index is -1.93. The summed E-state index contributed by atoms with van der Waals surface area (Å²) in [5.41, 5.74) is 0. The van der Waals surface area contributed by atoms with Crippen LogP contribution in [0.4, 0.5) is 0 Å². The summed E-state index contributed by atoms with van der Waals surface area (Å²) in [6.45, 7) is 8.03. The molecular weight excluding hydrogens is 256 g/mol. The number of hydrogen-bond donors (Lipinski definition) is 0. The molecule has 0 aromatic heterocycles. The summed E-state index contributed by atoms with van der Waals surface area (Å²) in [7, 11) is -1.93. The zero-order valence-corrected chi connectivity index (χ0v) is 13.8. The molecule has 0 amide bonds. The Hall–Kier alpha value is 0.0969. The molecule has 0 bridgehead atoms. The predicted octanol–water partition coefficient (Wildman–Crippen LogP) is 3.87. The Labute approximate surface area is 119 Å². The molecule has 1 aliphatic heterocycles. The third-order valence-electron chi connectivity index (χ3n) is 4.49. The van der Waals surface area contributed by atoms with Crippen LogP contribution in [0.3, 0.4) is 0 Å². The van der Waals surface area contributed by atoms with Gasteiger partial charge in [-0.15, -0.1) is 0 Å². The molecule has 2 aliphatic rings. The second-order valence-corrected chi connectivity index (χ2v) is 9.36. The van der Waals surface area contributed by atoms with Gasteiger partial charge >= 0.3 is 8.56 Å². The topological polar surface area (TPSA) is 31.0 Å². The lowest BCUT2D eigenvalue weighted by atomic mass is 9.88. The summed E-state index contributed by atoms with van der Waals surface area (Å²) in [5.74, 6) is 0.841. The number of fused-ring (bicyclic) bond motifs is 1. The van der Waals surface area contributed by atoms with Crippen molar-refractivity contribution in [2.24, 2.45) is 5.92 Å². The van der Waals surface area contributed by atoms with Gasteiger partial charge in [0, 0.05) is 13.2 Å². The SMILES string of the molecule is CCC[Si](CCC1CCC2OC2C1)(OCC)OCC. The number of ether oxygens (including phenoxy) is 1. The molecule has 1 saturated heterocycles. The maximum absolute atomic E-state index is 6.12. The molecule has 19 heavy (non-hydrogen) atoms. The van der Waals surface area contributed by atoms with Gasteiger partial charge in [0.2, 0.25) is 0 Å². The zero-order valence-electron chi connectivity index (χ0n) is 12.8. The highest BCUT2D eigenvalue weighted by atomic mass is 28.4. The maximum Gasteiger partial charge on any atom is 0.338 e. The van der Waals surface area contributed by atoms with Gasteiger partial charge in [-0.25, -0.2) is 0 Å². The van der Waals surface area contributed by atoms with Crippen LogP contribution >= 0.6 is 0 Å². The van der Waals surface area contributed by atoms with E-state index in [-0.39, 0.29) is 0 Å². The first-order valence-electron chi connectivity index (χ1n) is 8.16. The normalized spacial score (nSPS) is 30.2. The highest BCUT2D eigenvalue weighted by molar-refractivity contribution is 6.67. The summed E-state index contributed by atoms with van der Waals surface area (Å²) in [6.07, 6.45) is 7.56. The molecular formula is C15H30O3Si. The summed E-state index contributed by atoms with van der Waals surface area (Å²) >= 11 is 0. The van der Waals surface area contributed by atoms with E-state index in [9.17, 15) is 0 Å². The monoisotopic (exact) mass is 286 g/mol. The Kier molecular flexibility index (Phi) is 5.87. The van der Waals surface area contributed by atoms with Crippen LogP contribution in [0.5, 0.6) is 0 Å². The van der Waals surface area contributed by atoms with E-state index in [1.165, 1.54) is 38.1 Å². The van der Waals surface area contributed by atoms with Gasteiger partial charge in [-0.1, -0.05) is 13.3 Å². The van der Waals surface area contributed by atoms with Crippen LogP contribution in [0, 0.1) is 5.92 Å². The van der Waals surface area contributed by atoms with Gasteiger partial charge in [0.15, 0.2) is 0 Å². The van der Waals surface area contributed by atoms with Crippen LogP contribution in [0.25, 0.3) is 0 Å². The van der Waals surface area contributed by atoms with Gasteiger partial charge in [-0.2, -0.15) is 0 Å². The van der Waals surface area contributed by atoms with Crippen molar-refractivity contribution < 1.29 is 13.6 Å². The molecule has 0 radical (unpaired) electrons. The summed E-state index contributed by atoms with van der Waals surface area (Å²) in [4.78, 5) is 0. The standard InChI is InChI=1S/C15H30O3Si/c1-4-10-19(16-5-2,17-6-3)11-9-13-7-8-14-15(12-13)18-14/h13-15H,4-12H2,1-3H3. The van der Waals surface area contributed by atoms with Gasteiger partial charge in [-0.3, -0.25) is 0 Å². The van der Waals surface area contributed by atoms with Crippen LogP contribution in [0.2, 0.25) is 12.1 Å². The second-order valence-electron chi connectivity index (χ2n) is 5.96. The van der Waals surface area contributed by atoms with Crippen molar-refractivity contribution in [3.8, 4) is 0 Å². The first-order valence-corrected chi connectivity index (χ1v) is 10.4. The van der Waals surface area contributed by atoms with E-state index in [1.807, 2.05) is 0 Å². The minimum absolute atomic E-state index is 0.597. The number of epoxide rings is 1. The Morgan fingerprint density at radius 1 is 1.00 bits per heavy atom. The van der Waals surface area contributed by atoms with E-state index in [2.05, 4.69) is 20.8 Å². The Balaban J connectivity index is 1.82. The van der Waals surface area contributed by atoms with Gasteiger partial charge in [-0.05, 0) is 57.5 Å². The van der Waals surface area contributed by atoms with E-state index in [0.29, 0.717) is 12.2 Å². The predicted molar refractivity (Wildman–Crippen MR) is 79.5 cm³/mol. The minimum Gasteiger partial charge on any atom is -0.394 e. The molecule has 4 heteroatoms. The first kappa shape index (κ1) is 15.5. The summed E-state index contributed by atoms with van der Waals surface area (Å²) in [6, 6.07) is 2.31. The van der Waals surface area contributed by atoms with Crippen LogP contribution in [0.15, 0.2) is 0 Å². The van der Waals surface area contributed by atoms with Crippen molar-refractivity contribution in [1.29, 1.82) is 0 Å². The van der Waals surface area contributed by atoms with Crippen LogP contribution in [-0.2, 0) is 13.6 Å². The fourth-order valence-corrected chi connectivity index (χ4v) is 7.11. The maximum atomic E-state index is 6.12. The average Bonchev–Trinajstić information content (AvgIpc) is 3.16. The Morgan fingerprint density at radius 3 is 2.32 bits per heavy atom. The molecule has 0 aromatic rings. The van der Waals surface area contributed by atoms with E-state index < -0.39 is 8.56 Å². The second kappa shape index (κ2) is 7.20. The fraction of sp³-hybridized carbons (Fsp3) is 1.00. The number of hydrogen-bond acceptors (Lipinski definition) is 3. The van der Waals surface area contributed by atoms with Crippen molar-refractivity contribution in [3.63, 3.8) is 0 Å². The van der Waals surface area contributed by atoms with Crippen molar-refractivity contribution in [1.82, 2.24) is 0 Å². The van der Waals surface area contributed by atoms with Gasteiger partial charge < -0.3 is 13.6 Å². The summed E-state index contributed by atoms with van der Waals surface area (Å²) < 4.78 is 17.9. The zero-order chi connectivity index (χ0) is 13.7. The highest BCUT2D eigenvalue weighted by Crippen LogP contribution is 2.42. The molecule has 3 unspecified atom stereocenters. The van der Waals surface area contributed by atoms with Gasteiger partial charge in [0.25, 0.3) is 0 Å². The highest BCUT2D eigenvalue weighted by Gasteiger charge is 2.45. The molecule has 0 aromatic carbocycles. The van der Waals surface area contributed by atoms with E-state index in [4.69, 9.17) is 13.6 Å². The van der Waals surface area contributed by atoms with Crippen LogP contribution in [0.1, 0.15) is 52.9 Å². The lowest BCUT2D eigenvalue weighted by Crippen LogP contribution is -2.42. The summed E-state index contributed by atoms with van der Waals surface area (Å²) in [5, 5.41) is 0. The van der Waals surface area contributed by atoms with E-state index >= 15 is 0 Å². The largest absolute Gasteiger partial charge is 0.394 e. The molecule has 1 heterocycles. The van der Waals surface area contributed by atoms with Crippen LogP contribution < -0.4 is 0 Å². The van der Waals surface area contributed by atoms with Gasteiger partial charge in [0.05, 0.1) is 12.2 Å². The smallest absolute Gasteiger partial charge is 0.338 e. The van der Waals surface area contributed by atoms with Crippen molar-refractivity contribution in [2.75, 3.05) is 13.2 Å². The molecule has 3 atom stereocenters. The third-order valence-corrected chi connectivity index (χ3v) is 8.43. The molecule has 1 aliphatic carbocycles. The molecule has 0 N–H and O–H groups in total. The van der Waals surface area contributed by atoms with Crippen molar-refractivity contribution in [2.45, 2.75) is 77.2 Å². The van der Waals surface area contributed by atoms with Gasteiger partial charge in [0.1, 0.15) is 0 Å².